The van der Waals surface area contributed by atoms with E-state index in [0.29, 0.717) is 11.6 Å². The topological polar surface area (TPSA) is 167 Å². The summed E-state index contributed by atoms with van der Waals surface area (Å²) in [5, 5.41) is 12.9. The number of carboxylic acids is 1. The summed E-state index contributed by atoms with van der Waals surface area (Å²) in [6, 6.07) is 31.3. The molecule has 286 valence electrons. The van der Waals surface area contributed by atoms with Crippen LogP contribution in [0.1, 0.15) is 56.1 Å². The van der Waals surface area contributed by atoms with Crippen molar-refractivity contribution in [2.24, 2.45) is 0 Å². The minimum Gasteiger partial charge on any atom is -0.480 e. The minimum absolute atomic E-state index is 0.0142. The van der Waals surface area contributed by atoms with Crippen molar-refractivity contribution in [3.8, 4) is 0 Å². The second-order valence-corrected chi connectivity index (χ2v) is 17.0. The fourth-order valence-corrected chi connectivity index (χ4v) is 10.0. The Kier molecular flexibility index (Phi) is 11.6. The average Bonchev–Trinajstić information content (AvgIpc) is 3.67. The number of aliphatic carboxylic acids is 1. The highest BCUT2D eigenvalue weighted by Gasteiger charge is 2.33. The Labute approximate surface area is 320 Å². The third-order valence-corrected chi connectivity index (χ3v) is 13.2. The van der Waals surface area contributed by atoms with E-state index in [1.165, 1.54) is 61.0 Å². The number of carbonyl (C=O) groups excluding carboxylic acids is 2. The van der Waals surface area contributed by atoms with Crippen LogP contribution in [0.15, 0.2) is 125 Å². The van der Waals surface area contributed by atoms with Crippen LogP contribution in [0.2, 0.25) is 0 Å². The zero-order valence-electron chi connectivity index (χ0n) is 30.3. The van der Waals surface area contributed by atoms with Gasteiger partial charge in [0, 0.05) is 23.4 Å². The summed E-state index contributed by atoms with van der Waals surface area (Å²) in [5.41, 5.74) is 2.69. The molecule has 5 aromatic rings. The molecule has 2 atom stereocenters. The molecule has 0 bridgehead atoms. The van der Waals surface area contributed by atoms with Crippen LogP contribution < -0.4 is 13.9 Å². The molecule has 0 aromatic heterocycles. The molecule has 0 aliphatic heterocycles. The van der Waals surface area contributed by atoms with Gasteiger partial charge < -0.3 is 15.2 Å². The molecule has 1 fully saturated rings. The first-order valence-electron chi connectivity index (χ1n) is 17.8. The van der Waals surface area contributed by atoms with Gasteiger partial charge in [-0.2, -0.15) is 0 Å². The average molecular weight is 784 g/mol. The molecule has 0 spiro atoms. The number of nitrogens with zero attached hydrogens (tertiary/aromatic N) is 2. The molecule has 2 unspecified atom stereocenters. The number of anilines is 3. The van der Waals surface area contributed by atoms with E-state index in [1.807, 2.05) is 30.3 Å². The predicted octanol–water partition coefficient (Wildman–Crippen LogP) is 6.89. The lowest BCUT2D eigenvalue weighted by molar-refractivity contribution is -0.141. The van der Waals surface area contributed by atoms with Crippen molar-refractivity contribution in [3.63, 3.8) is 0 Å². The maximum atomic E-state index is 14.5. The minimum atomic E-state index is -4.51. The third kappa shape index (κ3) is 8.50. The van der Waals surface area contributed by atoms with Crippen molar-refractivity contribution in [3.05, 3.63) is 126 Å². The molecule has 2 N–H and O–H groups in total. The second-order valence-electron chi connectivity index (χ2n) is 13.3. The number of rotatable bonds is 14. The SMILES string of the molecule is CCOC(=O)CN(c1ccc(N(CC(=O)O)S(=O)(=O)c2ccc(NC(C)=O)cc2)c2ccccc12)S(=O)(=O)c1ccc(C2CCC(c3ccccc3)C2)cc1. The Morgan fingerprint density at radius 3 is 1.64 bits per heavy atom. The van der Waals surface area contributed by atoms with Crippen LogP contribution in [0.25, 0.3) is 10.8 Å². The standard InChI is InChI=1S/C41H41N3O9S2/c1-3-53-41(48)27-44(55(51,52)34-19-15-30(16-20-34)32-14-13-31(25-32)29-9-5-4-6-10-29)39-24-23-38(36-11-7-8-12-37(36)39)43(26-40(46)47)54(49,50)35-21-17-33(18-22-35)42-28(2)45/h4-12,15-24,31-32H,3,13-14,25-27H2,1-2H3,(H,42,45)(H,46,47). The van der Waals surface area contributed by atoms with Gasteiger partial charge in [-0.3, -0.25) is 23.0 Å². The summed E-state index contributed by atoms with van der Waals surface area (Å²) in [6.07, 6.45) is 2.94. The molecule has 55 heavy (non-hydrogen) atoms. The van der Waals surface area contributed by atoms with Crippen LogP contribution in [0.4, 0.5) is 17.1 Å². The van der Waals surface area contributed by atoms with E-state index in [9.17, 15) is 36.3 Å². The number of hydrogen-bond donors (Lipinski definition) is 2. The Morgan fingerprint density at radius 1 is 0.673 bits per heavy atom. The van der Waals surface area contributed by atoms with Gasteiger partial charge in [0.05, 0.1) is 27.8 Å². The van der Waals surface area contributed by atoms with Gasteiger partial charge in [0.1, 0.15) is 13.1 Å². The van der Waals surface area contributed by atoms with Crippen molar-refractivity contribution in [2.75, 3.05) is 33.6 Å². The summed E-state index contributed by atoms with van der Waals surface area (Å²) in [4.78, 5) is 36.3. The van der Waals surface area contributed by atoms with Gasteiger partial charge in [0.2, 0.25) is 5.91 Å². The Bertz CT molecular complexity index is 2420. The van der Waals surface area contributed by atoms with Crippen LogP contribution >= 0.6 is 0 Å². The number of benzene rings is 5. The molecule has 1 aliphatic carbocycles. The van der Waals surface area contributed by atoms with Crippen LogP contribution in [0.3, 0.4) is 0 Å². The summed E-state index contributed by atoms with van der Waals surface area (Å²) in [6.45, 7) is 1.29. The predicted molar refractivity (Wildman–Crippen MR) is 210 cm³/mol. The maximum absolute atomic E-state index is 14.5. The first-order valence-corrected chi connectivity index (χ1v) is 20.6. The number of ether oxygens (including phenoxy) is 1. The summed E-state index contributed by atoms with van der Waals surface area (Å²) in [7, 11) is -8.93. The molecule has 0 saturated heterocycles. The van der Waals surface area contributed by atoms with Crippen LogP contribution in [0.5, 0.6) is 0 Å². The van der Waals surface area contributed by atoms with Crippen molar-refractivity contribution in [1.82, 2.24) is 0 Å². The Morgan fingerprint density at radius 2 is 1.15 bits per heavy atom. The highest BCUT2D eigenvalue weighted by Crippen LogP contribution is 2.44. The van der Waals surface area contributed by atoms with Crippen molar-refractivity contribution >= 4 is 65.7 Å². The lowest BCUT2D eigenvalue weighted by Crippen LogP contribution is -2.37. The Hall–Kier alpha value is -5.73. The molecule has 0 radical (unpaired) electrons. The van der Waals surface area contributed by atoms with E-state index in [2.05, 4.69) is 17.4 Å². The third-order valence-electron chi connectivity index (χ3n) is 9.68. The van der Waals surface area contributed by atoms with E-state index >= 15 is 0 Å². The molecule has 12 nitrogen and oxygen atoms in total. The van der Waals surface area contributed by atoms with Crippen molar-refractivity contribution in [1.29, 1.82) is 0 Å². The number of fused-ring (bicyclic) bond motifs is 1. The van der Waals surface area contributed by atoms with Gasteiger partial charge in [0.15, 0.2) is 0 Å². The number of carbonyl (C=O) groups is 3. The van der Waals surface area contributed by atoms with E-state index in [1.54, 1.807) is 31.2 Å². The zero-order valence-corrected chi connectivity index (χ0v) is 31.9. The molecule has 1 saturated carbocycles. The number of esters is 1. The van der Waals surface area contributed by atoms with E-state index in [0.717, 1.165) is 33.4 Å². The van der Waals surface area contributed by atoms with Gasteiger partial charge in [-0.25, -0.2) is 16.8 Å². The summed E-state index contributed by atoms with van der Waals surface area (Å²) in [5.74, 6) is -1.91. The van der Waals surface area contributed by atoms with Crippen molar-refractivity contribution < 1.29 is 41.1 Å². The monoisotopic (exact) mass is 783 g/mol. The highest BCUT2D eigenvalue weighted by atomic mass is 32.2. The quantitative estimate of drug-likeness (QED) is 0.114. The molecule has 1 amide bonds. The smallest absolute Gasteiger partial charge is 0.326 e. The van der Waals surface area contributed by atoms with E-state index in [-0.39, 0.29) is 50.4 Å². The fourth-order valence-electron chi connectivity index (χ4n) is 7.14. The van der Waals surface area contributed by atoms with Crippen molar-refractivity contribution in [2.45, 2.75) is 54.7 Å². The summed E-state index contributed by atoms with van der Waals surface area (Å²) < 4.78 is 63.9. The molecule has 6 rings (SSSR count). The number of hydrogen-bond acceptors (Lipinski definition) is 8. The van der Waals surface area contributed by atoms with Gasteiger partial charge in [-0.15, -0.1) is 0 Å². The number of sulfonamides is 2. The zero-order chi connectivity index (χ0) is 39.3. The number of carboxylic acid groups (broad SMARTS) is 1. The summed E-state index contributed by atoms with van der Waals surface area (Å²) >= 11 is 0. The first kappa shape index (κ1) is 39.0. The number of amides is 1. The first-order chi connectivity index (χ1) is 26.3. The molecule has 5 aromatic carbocycles. The molecule has 0 heterocycles. The molecule has 14 heteroatoms. The van der Waals surface area contributed by atoms with Gasteiger partial charge in [-0.1, -0.05) is 66.7 Å². The van der Waals surface area contributed by atoms with E-state index < -0.39 is 45.1 Å². The van der Waals surface area contributed by atoms with Crippen LogP contribution in [0, 0.1) is 0 Å². The normalized spacial score (nSPS) is 15.7. The van der Waals surface area contributed by atoms with Crippen LogP contribution in [-0.2, 0) is 39.2 Å². The van der Waals surface area contributed by atoms with E-state index in [4.69, 9.17) is 4.74 Å². The molecule has 1 aliphatic rings. The second kappa shape index (κ2) is 16.3. The van der Waals surface area contributed by atoms with Gasteiger partial charge in [0.25, 0.3) is 20.0 Å². The molecular formula is C41H41N3O9S2. The highest BCUT2D eigenvalue weighted by molar-refractivity contribution is 7.93. The maximum Gasteiger partial charge on any atom is 0.326 e. The Balaban J connectivity index is 1.38. The largest absolute Gasteiger partial charge is 0.480 e. The van der Waals surface area contributed by atoms with Gasteiger partial charge >= 0.3 is 11.9 Å². The van der Waals surface area contributed by atoms with Crippen LogP contribution in [-0.4, -0.2) is 59.5 Å². The fraction of sp³-hybridized carbons (Fsp3) is 0.244. The lowest BCUT2D eigenvalue weighted by atomic mass is 9.93. The van der Waals surface area contributed by atoms with Gasteiger partial charge in [-0.05, 0) is 97.7 Å². The number of nitrogens with one attached hydrogen (secondary N) is 1. The lowest BCUT2D eigenvalue weighted by Gasteiger charge is -2.28. The molecular weight excluding hydrogens is 743 g/mol.